The molecular weight excluding hydrogens is 308 g/mol. The molecule has 0 aliphatic rings. The van der Waals surface area contributed by atoms with Crippen LogP contribution in [-0.2, 0) is 4.84 Å². The van der Waals surface area contributed by atoms with Crippen LogP contribution < -0.4 is 5.48 Å². The van der Waals surface area contributed by atoms with Crippen LogP contribution in [0.5, 0.6) is 0 Å². The van der Waals surface area contributed by atoms with Crippen molar-refractivity contribution in [3.05, 3.63) is 59.6 Å². The summed E-state index contributed by atoms with van der Waals surface area (Å²) in [6.07, 6.45) is 6.54. The van der Waals surface area contributed by atoms with E-state index in [9.17, 15) is 0 Å². The molecule has 0 unspecified atom stereocenters. The van der Waals surface area contributed by atoms with E-state index >= 15 is 0 Å². The monoisotopic (exact) mass is 320 g/mol. The number of rotatable bonds is 6. The number of hydroxylamine groups is 1. The SMILES string of the molecule is C=CCONC(=Cn1cncn1)c1ccc(Br)cc1. The Bertz CT molecular complexity index is 549. The maximum atomic E-state index is 5.27. The van der Waals surface area contributed by atoms with Gasteiger partial charge in [0.2, 0.25) is 0 Å². The van der Waals surface area contributed by atoms with Crippen molar-refractivity contribution in [1.82, 2.24) is 20.2 Å². The summed E-state index contributed by atoms with van der Waals surface area (Å²) < 4.78 is 2.62. The van der Waals surface area contributed by atoms with E-state index in [0.717, 1.165) is 15.7 Å². The Morgan fingerprint density at radius 2 is 2.21 bits per heavy atom. The van der Waals surface area contributed by atoms with Gasteiger partial charge in [-0.05, 0) is 12.1 Å². The molecule has 0 bridgehead atoms. The summed E-state index contributed by atoms with van der Waals surface area (Å²) in [5.74, 6) is 0. The van der Waals surface area contributed by atoms with Gasteiger partial charge in [0, 0.05) is 10.0 Å². The number of aromatic nitrogens is 3. The van der Waals surface area contributed by atoms with Crippen LogP contribution in [0.15, 0.2) is 54.0 Å². The fraction of sp³-hybridized carbons (Fsp3) is 0.0769. The van der Waals surface area contributed by atoms with Crippen molar-refractivity contribution in [2.24, 2.45) is 0 Å². The molecule has 5 nitrogen and oxygen atoms in total. The molecule has 0 spiro atoms. The summed E-state index contributed by atoms with van der Waals surface area (Å²) in [5.41, 5.74) is 4.63. The van der Waals surface area contributed by atoms with Gasteiger partial charge in [-0.1, -0.05) is 34.1 Å². The number of nitrogens with one attached hydrogen (secondary N) is 1. The van der Waals surface area contributed by atoms with Gasteiger partial charge >= 0.3 is 0 Å². The Hall–Kier alpha value is -1.92. The number of hydrogen-bond acceptors (Lipinski definition) is 4. The van der Waals surface area contributed by atoms with Crippen LogP contribution in [0.25, 0.3) is 11.9 Å². The molecule has 2 rings (SSSR count). The van der Waals surface area contributed by atoms with Gasteiger partial charge < -0.3 is 0 Å². The van der Waals surface area contributed by atoms with Crippen LogP contribution in [0.1, 0.15) is 5.56 Å². The van der Waals surface area contributed by atoms with Crippen molar-refractivity contribution >= 4 is 27.8 Å². The second kappa shape index (κ2) is 6.86. The van der Waals surface area contributed by atoms with Crippen molar-refractivity contribution in [2.75, 3.05) is 6.61 Å². The van der Waals surface area contributed by atoms with Gasteiger partial charge in [0.25, 0.3) is 0 Å². The van der Waals surface area contributed by atoms with Crippen LogP contribution in [0.4, 0.5) is 0 Å². The minimum Gasteiger partial charge on any atom is -0.272 e. The zero-order valence-corrected chi connectivity index (χ0v) is 11.7. The molecule has 98 valence electrons. The maximum Gasteiger partial charge on any atom is 0.138 e. The fourth-order valence-electron chi connectivity index (χ4n) is 1.38. The van der Waals surface area contributed by atoms with Crippen LogP contribution in [-0.4, -0.2) is 21.4 Å². The summed E-state index contributed by atoms with van der Waals surface area (Å²) in [7, 11) is 0. The average molecular weight is 321 g/mol. The smallest absolute Gasteiger partial charge is 0.138 e. The first kappa shape index (κ1) is 13.5. The largest absolute Gasteiger partial charge is 0.272 e. The van der Waals surface area contributed by atoms with E-state index in [1.807, 2.05) is 24.3 Å². The first-order chi connectivity index (χ1) is 9.29. The van der Waals surface area contributed by atoms with Crippen LogP contribution in [0.3, 0.4) is 0 Å². The Morgan fingerprint density at radius 1 is 1.42 bits per heavy atom. The zero-order chi connectivity index (χ0) is 13.5. The molecule has 0 saturated carbocycles. The van der Waals surface area contributed by atoms with E-state index in [4.69, 9.17) is 4.84 Å². The first-order valence-electron chi connectivity index (χ1n) is 5.60. The Labute approximate surface area is 119 Å². The van der Waals surface area contributed by atoms with E-state index in [2.05, 4.69) is 38.1 Å². The molecule has 1 heterocycles. The number of benzene rings is 1. The summed E-state index contributed by atoms with van der Waals surface area (Å²) in [5, 5.41) is 4.03. The van der Waals surface area contributed by atoms with E-state index in [-0.39, 0.29) is 0 Å². The first-order valence-corrected chi connectivity index (χ1v) is 6.39. The predicted molar refractivity (Wildman–Crippen MR) is 77.6 cm³/mol. The molecule has 2 aromatic rings. The number of hydrogen-bond donors (Lipinski definition) is 1. The van der Waals surface area contributed by atoms with E-state index in [1.165, 1.54) is 6.33 Å². The molecule has 0 aliphatic carbocycles. The lowest BCUT2D eigenvalue weighted by molar-refractivity contribution is 0.104. The lowest BCUT2D eigenvalue weighted by Crippen LogP contribution is -2.14. The highest BCUT2D eigenvalue weighted by atomic mass is 79.9. The zero-order valence-electron chi connectivity index (χ0n) is 10.2. The quantitative estimate of drug-likeness (QED) is 0.505. The van der Waals surface area contributed by atoms with Gasteiger partial charge in [-0.25, -0.2) is 9.67 Å². The van der Waals surface area contributed by atoms with Crippen molar-refractivity contribution in [2.45, 2.75) is 0 Å². The summed E-state index contributed by atoms with van der Waals surface area (Å²) in [4.78, 5) is 9.16. The normalized spacial score (nSPS) is 11.3. The third-order valence-electron chi connectivity index (χ3n) is 2.24. The minimum absolute atomic E-state index is 0.408. The molecule has 19 heavy (non-hydrogen) atoms. The Kier molecular flexibility index (Phi) is 4.88. The Morgan fingerprint density at radius 3 is 2.84 bits per heavy atom. The van der Waals surface area contributed by atoms with Crippen LogP contribution in [0, 0.1) is 0 Å². The third kappa shape index (κ3) is 4.04. The second-order valence-electron chi connectivity index (χ2n) is 3.63. The average Bonchev–Trinajstić information content (AvgIpc) is 2.92. The highest BCUT2D eigenvalue weighted by Gasteiger charge is 2.02. The molecule has 1 aromatic carbocycles. The van der Waals surface area contributed by atoms with Gasteiger partial charge in [-0.2, -0.15) is 5.10 Å². The van der Waals surface area contributed by atoms with Crippen molar-refractivity contribution in [3.8, 4) is 0 Å². The molecule has 0 radical (unpaired) electrons. The molecular formula is C13H13BrN4O. The topological polar surface area (TPSA) is 52.0 Å². The van der Waals surface area contributed by atoms with Crippen LogP contribution >= 0.6 is 15.9 Å². The van der Waals surface area contributed by atoms with Gasteiger partial charge in [0.1, 0.15) is 12.7 Å². The van der Waals surface area contributed by atoms with E-state index in [1.54, 1.807) is 23.3 Å². The molecule has 6 heteroatoms. The third-order valence-corrected chi connectivity index (χ3v) is 2.77. The molecule has 0 atom stereocenters. The summed E-state index contributed by atoms with van der Waals surface area (Å²) >= 11 is 3.41. The van der Waals surface area contributed by atoms with E-state index in [0.29, 0.717) is 6.61 Å². The molecule has 1 aromatic heterocycles. The van der Waals surface area contributed by atoms with Gasteiger partial charge in [-0.3, -0.25) is 10.3 Å². The second-order valence-corrected chi connectivity index (χ2v) is 4.54. The predicted octanol–water partition coefficient (Wildman–Crippen LogP) is 2.70. The van der Waals surface area contributed by atoms with Crippen molar-refractivity contribution in [1.29, 1.82) is 0 Å². The molecule has 0 amide bonds. The van der Waals surface area contributed by atoms with Crippen molar-refractivity contribution < 1.29 is 4.84 Å². The maximum absolute atomic E-state index is 5.27. The van der Waals surface area contributed by atoms with E-state index < -0.39 is 0 Å². The minimum atomic E-state index is 0.408. The summed E-state index contributed by atoms with van der Waals surface area (Å²) in [6.45, 7) is 4.01. The molecule has 0 aliphatic heterocycles. The van der Waals surface area contributed by atoms with Crippen molar-refractivity contribution in [3.63, 3.8) is 0 Å². The van der Waals surface area contributed by atoms with Gasteiger partial charge in [-0.15, -0.1) is 6.58 Å². The lowest BCUT2D eigenvalue weighted by atomic mass is 10.2. The molecule has 1 N–H and O–H groups in total. The van der Waals surface area contributed by atoms with Gasteiger partial charge in [0.15, 0.2) is 0 Å². The highest BCUT2D eigenvalue weighted by Crippen LogP contribution is 2.16. The fourth-order valence-corrected chi connectivity index (χ4v) is 1.65. The molecule has 0 saturated heterocycles. The van der Waals surface area contributed by atoms with Crippen LogP contribution in [0.2, 0.25) is 0 Å². The lowest BCUT2D eigenvalue weighted by Gasteiger charge is -2.10. The van der Waals surface area contributed by atoms with Gasteiger partial charge in [0.05, 0.1) is 18.5 Å². The number of nitrogens with zero attached hydrogens (tertiary/aromatic N) is 3. The number of halogens is 1. The molecule has 0 fully saturated rings. The summed E-state index contributed by atoms with van der Waals surface area (Å²) in [6, 6.07) is 7.85. The standard InChI is InChI=1S/C13H13BrN4O/c1-2-7-19-17-13(8-18-10-15-9-16-18)11-3-5-12(14)6-4-11/h2-6,8-10,17H,1,7H2. The Balaban J connectivity index is 2.23. The highest BCUT2D eigenvalue weighted by molar-refractivity contribution is 9.10.